The lowest BCUT2D eigenvalue weighted by molar-refractivity contribution is 0.102. The van der Waals surface area contributed by atoms with Crippen LogP contribution in [0, 0.1) is 0 Å². The molecule has 0 amide bonds. The molecule has 4 aromatic rings. The zero-order valence-electron chi connectivity index (χ0n) is 15.2. The van der Waals surface area contributed by atoms with Gasteiger partial charge in [0.05, 0.1) is 11.1 Å². The van der Waals surface area contributed by atoms with E-state index in [1.807, 2.05) is 48.5 Å². The van der Waals surface area contributed by atoms with Crippen molar-refractivity contribution in [2.24, 2.45) is 0 Å². The summed E-state index contributed by atoms with van der Waals surface area (Å²) in [5.41, 5.74) is 4.10. The number of nitrogens with zero attached hydrogens (tertiary/aromatic N) is 2. The average molecular weight is 425 g/mol. The number of fused-ring (bicyclic) bond motifs is 1. The molecule has 0 radical (unpaired) electrons. The van der Waals surface area contributed by atoms with E-state index in [-0.39, 0.29) is 5.78 Å². The van der Waals surface area contributed by atoms with Gasteiger partial charge < -0.3 is 0 Å². The Morgan fingerprint density at radius 2 is 1.82 bits per heavy atom. The van der Waals surface area contributed by atoms with Crippen molar-refractivity contribution in [2.45, 2.75) is 18.4 Å². The van der Waals surface area contributed by atoms with E-state index in [0.717, 1.165) is 38.4 Å². The van der Waals surface area contributed by atoms with Gasteiger partial charge in [-0.05, 0) is 29.7 Å². The van der Waals surface area contributed by atoms with Gasteiger partial charge in [-0.25, -0.2) is 9.97 Å². The van der Waals surface area contributed by atoms with Crippen LogP contribution < -0.4 is 0 Å². The third-order valence-corrected chi connectivity index (χ3v) is 6.64. The van der Waals surface area contributed by atoms with Crippen LogP contribution in [0.5, 0.6) is 0 Å². The summed E-state index contributed by atoms with van der Waals surface area (Å²) >= 11 is 9.06. The smallest absolute Gasteiger partial charge is 0.173 e. The normalized spacial score (nSPS) is 11.1. The molecule has 4 rings (SSSR count). The lowest BCUT2D eigenvalue weighted by atomic mass is 10.1. The van der Waals surface area contributed by atoms with E-state index in [1.165, 1.54) is 17.3 Å². The Morgan fingerprint density at radius 1 is 1.07 bits per heavy atom. The number of thiophene rings is 1. The standard InChI is InChI=1S/C22H17ClN2OS2/c1-2-14-3-5-16(6-4-14)19(26)12-28-22-20-18(11-27-21(20)24-13-25-22)15-7-9-17(23)10-8-15/h3-11,13H,2,12H2,1H3. The second-order valence-corrected chi connectivity index (χ2v) is 8.54. The Morgan fingerprint density at radius 3 is 2.54 bits per heavy atom. The van der Waals surface area contributed by atoms with Crippen molar-refractivity contribution in [3.05, 3.63) is 76.4 Å². The third-order valence-electron chi connectivity index (χ3n) is 4.51. The molecule has 2 aromatic heterocycles. The zero-order valence-corrected chi connectivity index (χ0v) is 17.6. The van der Waals surface area contributed by atoms with Gasteiger partial charge in [0, 0.05) is 21.5 Å². The number of hydrogen-bond acceptors (Lipinski definition) is 5. The summed E-state index contributed by atoms with van der Waals surface area (Å²) in [6.07, 6.45) is 2.53. The van der Waals surface area contributed by atoms with Crippen LogP contribution in [0.1, 0.15) is 22.8 Å². The van der Waals surface area contributed by atoms with E-state index < -0.39 is 0 Å². The average Bonchev–Trinajstić information content (AvgIpc) is 3.17. The molecule has 2 aromatic carbocycles. The first-order chi connectivity index (χ1) is 13.7. The number of halogens is 1. The molecule has 0 N–H and O–H groups in total. The minimum atomic E-state index is 0.0997. The summed E-state index contributed by atoms with van der Waals surface area (Å²) in [5, 5.41) is 4.61. The molecule has 3 nitrogen and oxygen atoms in total. The number of benzene rings is 2. The summed E-state index contributed by atoms with van der Waals surface area (Å²) in [4.78, 5) is 22.4. The highest BCUT2D eigenvalue weighted by Gasteiger charge is 2.15. The predicted molar refractivity (Wildman–Crippen MR) is 119 cm³/mol. The van der Waals surface area contributed by atoms with E-state index in [1.54, 1.807) is 17.7 Å². The number of hydrogen-bond donors (Lipinski definition) is 0. The quantitative estimate of drug-likeness (QED) is 0.200. The van der Waals surface area contributed by atoms with Crippen LogP contribution in [0.2, 0.25) is 5.02 Å². The highest BCUT2D eigenvalue weighted by molar-refractivity contribution is 8.00. The highest BCUT2D eigenvalue weighted by Crippen LogP contribution is 2.38. The molecule has 0 bridgehead atoms. The van der Waals surface area contributed by atoms with Crippen LogP contribution in [0.15, 0.2) is 65.3 Å². The van der Waals surface area contributed by atoms with Gasteiger partial charge in [-0.3, -0.25) is 4.79 Å². The summed E-state index contributed by atoms with van der Waals surface area (Å²) in [6, 6.07) is 15.6. The van der Waals surface area contributed by atoms with E-state index in [2.05, 4.69) is 22.3 Å². The first-order valence-electron chi connectivity index (χ1n) is 8.88. The number of carbonyl (C=O) groups is 1. The summed E-state index contributed by atoms with van der Waals surface area (Å²) in [6.45, 7) is 2.10. The molecule has 6 heteroatoms. The molecule has 0 aliphatic rings. The van der Waals surface area contributed by atoms with Crippen molar-refractivity contribution in [1.82, 2.24) is 9.97 Å². The number of Topliss-reactive ketones (excluding diaryl/α,β-unsaturated/α-hetero) is 1. The third kappa shape index (κ3) is 3.97. The topological polar surface area (TPSA) is 42.9 Å². The molecule has 0 spiro atoms. The Hall–Kier alpha value is -2.21. The molecule has 2 heterocycles. The monoisotopic (exact) mass is 424 g/mol. The fraction of sp³-hybridized carbons (Fsp3) is 0.136. The Balaban J connectivity index is 1.60. The van der Waals surface area contributed by atoms with Crippen LogP contribution in [-0.4, -0.2) is 21.5 Å². The van der Waals surface area contributed by atoms with Crippen molar-refractivity contribution >= 4 is 50.7 Å². The second kappa shape index (κ2) is 8.43. The van der Waals surface area contributed by atoms with Crippen molar-refractivity contribution in [3.63, 3.8) is 0 Å². The fourth-order valence-electron chi connectivity index (χ4n) is 2.94. The maximum absolute atomic E-state index is 12.6. The molecular formula is C22H17ClN2OS2. The van der Waals surface area contributed by atoms with Gasteiger partial charge in [0.1, 0.15) is 16.2 Å². The van der Waals surface area contributed by atoms with E-state index >= 15 is 0 Å². The van der Waals surface area contributed by atoms with Crippen molar-refractivity contribution in [1.29, 1.82) is 0 Å². The van der Waals surface area contributed by atoms with Crippen molar-refractivity contribution in [2.75, 3.05) is 5.75 Å². The lowest BCUT2D eigenvalue weighted by Gasteiger charge is -2.06. The largest absolute Gasteiger partial charge is 0.293 e. The molecule has 28 heavy (non-hydrogen) atoms. The second-order valence-electron chi connectivity index (χ2n) is 6.28. The minimum absolute atomic E-state index is 0.0997. The van der Waals surface area contributed by atoms with Gasteiger partial charge in [-0.2, -0.15) is 0 Å². The maximum Gasteiger partial charge on any atom is 0.173 e. The molecule has 0 aliphatic heterocycles. The Bertz CT molecular complexity index is 1120. The Labute approximate surface area is 176 Å². The molecule has 0 unspecified atom stereocenters. The number of rotatable bonds is 6. The molecule has 0 aliphatic carbocycles. The van der Waals surface area contributed by atoms with Gasteiger partial charge >= 0.3 is 0 Å². The number of carbonyl (C=O) groups excluding carboxylic acids is 1. The lowest BCUT2D eigenvalue weighted by Crippen LogP contribution is -2.03. The molecule has 0 fully saturated rings. The molecular weight excluding hydrogens is 408 g/mol. The Kier molecular flexibility index (Phi) is 5.76. The van der Waals surface area contributed by atoms with Gasteiger partial charge in [0.2, 0.25) is 0 Å². The molecule has 0 atom stereocenters. The minimum Gasteiger partial charge on any atom is -0.293 e. The van der Waals surface area contributed by atoms with Crippen molar-refractivity contribution < 1.29 is 4.79 Å². The van der Waals surface area contributed by atoms with E-state index in [4.69, 9.17) is 11.6 Å². The summed E-state index contributed by atoms with van der Waals surface area (Å²) in [5.74, 6) is 0.440. The number of ketones is 1. The van der Waals surface area contributed by atoms with Crippen LogP contribution in [-0.2, 0) is 6.42 Å². The van der Waals surface area contributed by atoms with E-state index in [9.17, 15) is 4.79 Å². The van der Waals surface area contributed by atoms with Crippen LogP contribution >= 0.6 is 34.7 Å². The van der Waals surface area contributed by atoms with E-state index in [0.29, 0.717) is 10.8 Å². The summed E-state index contributed by atoms with van der Waals surface area (Å²) in [7, 11) is 0. The first-order valence-corrected chi connectivity index (χ1v) is 11.1. The number of aryl methyl sites for hydroxylation is 1. The van der Waals surface area contributed by atoms with Crippen LogP contribution in [0.4, 0.5) is 0 Å². The van der Waals surface area contributed by atoms with Gasteiger partial charge in [-0.1, -0.05) is 66.7 Å². The number of thioether (sulfide) groups is 1. The van der Waals surface area contributed by atoms with Gasteiger partial charge in [0.25, 0.3) is 0 Å². The van der Waals surface area contributed by atoms with Crippen molar-refractivity contribution in [3.8, 4) is 11.1 Å². The molecule has 140 valence electrons. The SMILES string of the molecule is CCc1ccc(C(=O)CSc2ncnc3scc(-c4ccc(Cl)cc4)c23)cc1. The molecule has 0 saturated carbocycles. The molecule has 0 saturated heterocycles. The van der Waals surface area contributed by atoms with Crippen LogP contribution in [0.3, 0.4) is 0 Å². The predicted octanol–water partition coefficient (Wildman–Crippen LogP) is 6.55. The number of aromatic nitrogens is 2. The van der Waals surface area contributed by atoms with Gasteiger partial charge in [0.15, 0.2) is 5.78 Å². The fourth-order valence-corrected chi connectivity index (χ4v) is 4.96. The van der Waals surface area contributed by atoms with Gasteiger partial charge in [-0.15, -0.1) is 11.3 Å². The summed E-state index contributed by atoms with van der Waals surface area (Å²) < 4.78 is 0. The zero-order chi connectivity index (χ0) is 19.5. The first kappa shape index (κ1) is 19.1. The highest BCUT2D eigenvalue weighted by atomic mass is 35.5. The van der Waals surface area contributed by atoms with Crippen LogP contribution in [0.25, 0.3) is 21.3 Å². The maximum atomic E-state index is 12.6.